The highest BCUT2D eigenvalue weighted by Crippen LogP contribution is 2.25. The van der Waals surface area contributed by atoms with Gasteiger partial charge in [-0.2, -0.15) is 0 Å². The Labute approximate surface area is 191 Å². The molecule has 4 rings (SSSR count). The van der Waals surface area contributed by atoms with Crippen molar-refractivity contribution >= 4 is 33.9 Å². The lowest BCUT2D eigenvalue weighted by Gasteiger charge is -2.21. The number of ether oxygens (including phenoxy) is 1. The minimum atomic E-state index is -2.39. The van der Waals surface area contributed by atoms with Gasteiger partial charge in [-0.15, -0.1) is 0 Å². The molecule has 0 saturated heterocycles. The Morgan fingerprint density at radius 3 is 2.58 bits per heavy atom. The third-order valence-corrected chi connectivity index (χ3v) is 5.75. The number of carboxylic acid groups (broad SMARTS) is 1. The van der Waals surface area contributed by atoms with Crippen molar-refractivity contribution in [1.29, 1.82) is 0 Å². The number of benzene rings is 3. The van der Waals surface area contributed by atoms with Crippen LogP contribution in [0.3, 0.4) is 0 Å². The molecular formula is C24H18NO7S-. The fraction of sp³-hybridized carbons (Fsp3) is 0.0833. The molecule has 1 heterocycles. The topological polar surface area (TPSA) is 120 Å². The molecule has 0 aliphatic rings. The van der Waals surface area contributed by atoms with Crippen molar-refractivity contribution in [3.8, 4) is 16.9 Å². The molecule has 1 atom stereocenters. The van der Waals surface area contributed by atoms with Crippen molar-refractivity contribution < 1.29 is 27.8 Å². The molecule has 1 aromatic heterocycles. The molecule has 0 bridgehead atoms. The summed E-state index contributed by atoms with van der Waals surface area (Å²) < 4.78 is 34.6. The highest BCUT2D eigenvalue weighted by molar-refractivity contribution is 7.80. The molecule has 33 heavy (non-hydrogen) atoms. The summed E-state index contributed by atoms with van der Waals surface area (Å²) in [5.41, 5.74) is 2.39. The van der Waals surface area contributed by atoms with Crippen molar-refractivity contribution in [3.05, 3.63) is 94.3 Å². The van der Waals surface area contributed by atoms with E-state index in [1.165, 1.54) is 25.4 Å². The summed E-state index contributed by atoms with van der Waals surface area (Å²) in [6, 6.07) is 17.8. The molecule has 0 amide bonds. The second-order valence-electron chi connectivity index (χ2n) is 7.19. The monoisotopic (exact) mass is 464 g/mol. The average molecular weight is 464 g/mol. The van der Waals surface area contributed by atoms with E-state index in [9.17, 15) is 18.4 Å². The smallest absolute Gasteiger partial charge is 0.335 e. The summed E-state index contributed by atoms with van der Waals surface area (Å²) in [4.78, 5) is 24.1. The van der Waals surface area contributed by atoms with Crippen LogP contribution in [0.2, 0.25) is 0 Å². The number of rotatable bonds is 7. The van der Waals surface area contributed by atoms with Crippen LogP contribution in [0.25, 0.3) is 22.1 Å². The normalized spacial score (nSPS) is 11.8. The van der Waals surface area contributed by atoms with Gasteiger partial charge < -0.3 is 23.1 Å². The van der Waals surface area contributed by atoms with E-state index in [2.05, 4.69) is 0 Å². The van der Waals surface area contributed by atoms with Crippen LogP contribution in [-0.4, -0.2) is 26.9 Å². The van der Waals surface area contributed by atoms with Gasteiger partial charge in [0.05, 0.1) is 16.5 Å². The number of hydrogen-bond acceptors (Lipinski definition) is 6. The molecule has 1 N–H and O–H groups in total. The molecule has 3 aromatic carbocycles. The van der Waals surface area contributed by atoms with E-state index in [0.717, 1.165) is 4.31 Å². The maximum atomic E-state index is 13.0. The summed E-state index contributed by atoms with van der Waals surface area (Å²) in [7, 11) is 1.42. The lowest BCUT2D eigenvalue weighted by atomic mass is 10.1. The second kappa shape index (κ2) is 9.27. The van der Waals surface area contributed by atoms with E-state index in [4.69, 9.17) is 14.3 Å². The number of carbonyl (C=O) groups is 1. The molecule has 0 fully saturated rings. The highest BCUT2D eigenvalue weighted by Gasteiger charge is 2.11. The van der Waals surface area contributed by atoms with Crippen LogP contribution in [-0.2, 0) is 17.9 Å². The zero-order valence-electron chi connectivity index (χ0n) is 17.4. The van der Waals surface area contributed by atoms with Gasteiger partial charge in [-0.25, -0.2) is 4.79 Å². The maximum absolute atomic E-state index is 13.0. The maximum Gasteiger partial charge on any atom is 0.335 e. The summed E-state index contributed by atoms with van der Waals surface area (Å²) in [5, 5.41) is 9.46. The zero-order chi connectivity index (χ0) is 23.5. The van der Waals surface area contributed by atoms with Crippen LogP contribution in [0.15, 0.2) is 82.2 Å². The van der Waals surface area contributed by atoms with Gasteiger partial charge in [-0.3, -0.25) is 9.00 Å². The Bertz CT molecular complexity index is 1410. The SMILES string of the molecule is CN(c1ccc(-c2coc3cc(OCc4cccc(C(=O)O)c4)ccc3c2=O)cc1)S(=O)[O-]. The summed E-state index contributed by atoms with van der Waals surface area (Å²) >= 11 is -2.39. The molecule has 4 aromatic rings. The Balaban J connectivity index is 1.56. The number of fused-ring (bicyclic) bond motifs is 1. The molecule has 0 saturated carbocycles. The second-order valence-corrected chi connectivity index (χ2v) is 8.17. The summed E-state index contributed by atoms with van der Waals surface area (Å²) in [5.74, 6) is -0.542. The first-order valence-electron chi connectivity index (χ1n) is 9.77. The highest BCUT2D eigenvalue weighted by atomic mass is 32.2. The molecule has 0 spiro atoms. The molecule has 168 valence electrons. The fourth-order valence-electron chi connectivity index (χ4n) is 3.30. The predicted octanol–water partition coefficient (Wildman–Crippen LogP) is 3.97. The minimum Gasteiger partial charge on any atom is -0.755 e. The zero-order valence-corrected chi connectivity index (χ0v) is 18.2. The van der Waals surface area contributed by atoms with Crippen molar-refractivity contribution in [1.82, 2.24) is 0 Å². The first-order chi connectivity index (χ1) is 15.8. The van der Waals surface area contributed by atoms with Crippen molar-refractivity contribution in [2.24, 2.45) is 0 Å². The Morgan fingerprint density at radius 1 is 1.12 bits per heavy atom. The molecule has 1 unspecified atom stereocenters. The Kier molecular flexibility index (Phi) is 6.25. The quantitative estimate of drug-likeness (QED) is 0.411. The van der Waals surface area contributed by atoms with E-state index in [-0.39, 0.29) is 17.6 Å². The molecular weight excluding hydrogens is 446 g/mol. The van der Waals surface area contributed by atoms with E-state index < -0.39 is 17.2 Å². The van der Waals surface area contributed by atoms with Crippen LogP contribution in [0.5, 0.6) is 5.75 Å². The van der Waals surface area contributed by atoms with Gasteiger partial charge in [0.25, 0.3) is 0 Å². The predicted molar refractivity (Wildman–Crippen MR) is 123 cm³/mol. The number of carboxylic acids is 1. The van der Waals surface area contributed by atoms with Gasteiger partial charge >= 0.3 is 5.97 Å². The molecule has 9 heteroatoms. The number of aromatic carboxylic acids is 1. The number of hydrogen-bond donors (Lipinski definition) is 1. The van der Waals surface area contributed by atoms with Gasteiger partial charge in [0.15, 0.2) is 5.43 Å². The Hall–Kier alpha value is -3.95. The number of anilines is 1. The lowest BCUT2D eigenvalue weighted by molar-refractivity contribution is 0.0696. The van der Waals surface area contributed by atoms with Crippen LogP contribution in [0.1, 0.15) is 15.9 Å². The van der Waals surface area contributed by atoms with Crippen LogP contribution < -0.4 is 14.5 Å². The van der Waals surface area contributed by atoms with Crippen LogP contribution in [0.4, 0.5) is 5.69 Å². The number of nitrogens with zero attached hydrogens (tertiary/aromatic N) is 1. The first kappa shape index (κ1) is 22.3. The van der Waals surface area contributed by atoms with Gasteiger partial charge in [-0.05, 0) is 47.5 Å². The average Bonchev–Trinajstić information content (AvgIpc) is 2.82. The van der Waals surface area contributed by atoms with Gasteiger partial charge in [-0.1, -0.05) is 24.3 Å². The molecule has 0 radical (unpaired) electrons. The third-order valence-electron chi connectivity index (χ3n) is 5.09. The largest absolute Gasteiger partial charge is 0.755 e. The van der Waals surface area contributed by atoms with Gasteiger partial charge in [0, 0.05) is 30.1 Å². The summed E-state index contributed by atoms with van der Waals surface area (Å²) in [6.45, 7) is 0.157. The van der Waals surface area contributed by atoms with Crippen molar-refractivity contribution in [2.75, 3.05) is 11.4 Å². The first-order valence-corrected chi connectivity index (χ1v) is 10.8. The molecule has 0 aliphatic carbocycles. The van der Waals surface area contributed by atoms with Crippen LogP contribution >= 0.6 is 0 Å². The lowest BCUT2D eigenvalue weighted by Crippen LogP contribution is -2.19. The van der Waals surface area contributed by atoms with Crippen LogP contribution in [0, 0.1) is 0 Å². The minimum absolute atomic E-state index is 0.157. The Morgan fingerprint density at radius 2 is 1.88 bits per heavy atom. The fourth-order valence-corrected chi connectivity index (χ4v) is 3.59. The van der Waals surface area contributed by atoms with Crippen molar-refractivity contribution in [3.63, 3.8) is 0 Å². The van der Waals surface area contributed by atoms with E-state index in [1.807, 2.05) is 0 Å². The standard InChI is InChI=1S/C24H19NO7S/c1-25(33(29)30)18-7-5-16(6-8-18)21-14-32-22-12-19(9-10-20(22)23(21)26)31-13-15-3-2-4-17(11-15)24(27)28/h2-12,14H,13H2,1H3,(H,27,28)(H,29,30)/p-1. The molecule has 0 aliphatic heterocycles. The van der Waals surface area contributed by atoms with Gasteiger partial charge in [0.2, 0.25) is 0 Å². The van der Waals surface area contributed by atoms with Crippen molar-refractivity contribution in [2.45, 2.75) is 6.61 Å². The third kappa shape index (κ3) is 4.79. The molecule has 8 nitrogen and oxygen atoms in total. The van der Waals surface area contributed by atoms with Gasteiger partial charge in [0.1, 0.15) is 24.2 Å². The van der Waals surface area contributed by atoms with E-state index in [1.54, 1.807) is 54.6 Å². The summed E-state index contributed by atoms with van der Waals surface area (Å²) in [6.07, 6.45) is 1.36. The van der Waals surface area contributed by atoms with E-state index >= 15 is 0 Å². The van der Waals surface area contributed by atoms with E-state index in [0.29, 0.717) is 39.1 Å².